The van der Waals surface area contributed by atoms with Crippen molar-refractivity contribution in [1.29, 1.82) is 5.26 Å². The monoisotopic (exact) mass is 246 g/mol. The molecule has 0 saturated carbocycles. The molecule has 3 aromatic rings. The highest BCUT2D eigenvalue weighted by molar-refractivity contribution is 5.65. The Morgan fingerprint density at radius 1 is 1.00 bits per heavy atom. The minimum Gasteiger partial charge on any atom is -0.265 e. The Balaban J connectivity index is 2.13. The first kappa shape index (κ1) is 11.2. The molecule has 2 aromatic heterocycles. The third kappa shape index (κ3) is 2.09. The van der Waals surface area contributed by atoms with Gasteiger partial charge in [0.1, 0.15) is 11.8 Å². The van der Waals surface area contributed by atoms with Crippen molar-refractivity contribution in [3.05, 3.63) is 66.6 Å². The van der Waals surface area contributed by atoms with Gasteiger partial charge >= 0.3 is 0 Å². The third-order valence-corrected chi connectivity index (χ3v) is 2.81. The van der Waals surface area contributed by atoms with Crippen molar-refractivity contribution in [2.45, 2.75) is 0 Å². The number of pyridine rings is 1. The standard InChI is InChI=1S/C15H10N4/c16-10-13-11-19(14-4-2-1-3-5-14)18-15(13)12-6-8-17-9-7-12/h1-9,11H. The number of nitrogens with zero attached hydrogens (tertiary/aromatic N) is 4. The predicted octanol–water partition coefficient (Wildman–Crippen LogP) is 2.81. The summed E-state index contributed by atoms with van der Waals surface area (Å²) in [7, 11) is 0. The maximum Gasteiger partial charge on any atom is 0.111 e. The van der Waals surface area contributed by atoms with Crippen LogP contribution in [0.2, 0.25) is 0 Å². The molecule has 0 bridgehead atoms. The van der Waals surface area contributed by atoms with Gasteiger partial charge in [-0.3, -0.25) is 4.98 Å². The predicted molar refractivity (Wildman–Crippen MR) is 71.5 cm³/mol. The maximum absolute atomic E-state index is 9.22. The van der Waals surface area contributed by atoms with Crippen LogP contribution >= 0.6 is 0 Å². The van der Waals surface area contributed by atoms with Crippen molar-refractivity contribution in [1.82, 2.24) is 14.8 Å². The van der Waals surface area contributed by atoms with E-state index in [1.54, 1.807) is 23.3 Å². The number of benzene rings is 1. The molecule has 0 spiro atoms. The summed E-state index contributed by atoms with van der Waals surface area (Å²) in [6.07, 6.45) is 5.13. The lowest BCUT2D eigenvalue weighted by Crippen LogP contribution is -1.93. The Kier molecular flexibility index (Phi) is 2.79. The Labute approximate surface area is 110 Å². The van der Waals surface area contributed by atoms with Crippen LogP contribution in [0.25, 0.3) is 16.9 Å². The van der Waals surface area contributed by atoms with E-state index >= 15 is 0 Å². The van der Waals surface area contributed by atoms with E-state index in [9.17, 15) is 5.26 Å². The molecule has 0 N–H and O–H groups in total. The molecule has 2 heterocycles. The van der Waals surface area contributed by atoms with Crippen molar-refractivity contribution >= 4 is 0 Å². The summed E-state index contributed by atoms with van der Waals surface area (Å²) in [5.41, 5.74) is 3.05. The van der Waals surface area contributed by atoms with Crippen LogP contribution in [-0.4, -0.2) is 14.8 Å². The number of hydrogen-bond donors (Lipinski definition) is 0. The highest BCUT2D eigenvalue weighted by Gasteiger charge is 2.11. The molecule has 19 heavy (non-hydrogen) atoms. The summed E-state index contributed by atoms with van der Waals surface area (Å²) in [6.45, 7) is 0. The first-order valence-electron chi connectivity index (χ1n) is 5.84. The Morgan fingerprint density at radius 2 is 1.74 bits per heavy atom. The SMILES string of the molecule is N#Cc1cn(-c2ccccc2)nc1-c1ccncc1. The van der Waals surface area contributed by atoms with Crippen molar-refractivity contribution in [2.24, 2.45) is 0 Å². The van der Waals surface area contributed by atoms with E-state index in [4.69, 9.17) is 0 Å². The Morgan fingerprint density at radius 3 is 2.42 bits per heavy atom. The molecule has 4 heteroatoms. The van der Waals surface area contributed by atoms with Gasteiger partial charge in [0, 0.05) is 24.2 Å². The molecule has 1 aromatic carbocycles. The fraction of sp³-hybridized carbons (Fsp3) is 0. The largest absolute Gasteiger partial charge is 0.265 e. The Hall–Kier alpha value is -2.93. The van der Waals surface area contributed by atoms with E-state index in [0.29, 0.717) is 11.3 Å². The van der Waals surface area contributed by atoms with Crippen LogP contribution in [0.15, 0.2) is 61.1 Å². The van der Waals surface area contributed by atoms with Gasteiger partial charge in [0.25, 0.3) is 0 Å². The van der Waals surface area contributed by atoms with Gasteiger partial charge in [0.15, 0.2) is 0 Å². The molecule has 3 rings (SSSR count). The summed E-state index contributed by atoms with van der Waals surface area (Å²) in [6, 6.07) is 15.6. The molecule has 0 aliphatic rings. The molecule has 0 aliphatic carbocycles. The van der Waals surface area contributed by atoms with E-state index < -0.39 is 0 Å². The average Bonchev–Trinajstić information content (AvgIpc) is 2.93. The van der Waals surface area contributed by atoms with Crippen LogP contribution in [-0.2, 0) is 0 Å². The molecule has 0 amide bonds. The first-order valence-corrected chi connectivity index (χ1v) is 5.84. The van der Waals surface area contributed by atoms with Crippen molar-refractivity contribution in [3.63, 3.8) is 0 Å². The van der Waals surface area contributed by atoms with Gasteiger partial charge in [-0.2, -0.15) is 10.4 Å². The molecule has 0 saturated heterocycles. The smallest absolute Gasteiger partial charge is 0.111 e. The molecule has 0 unspecified atom stereocenters. The lowest BCUT2D eigenvalue weighted by atomic mass is 10.1. The quantitative estimate of drug-likeness (QED) is 0.698. The summed E-state index contributed by atoms with van der Waals surface area (Å²) in [4.78, 5) is 3.97. The topological polar surface area (TPSA) is 54.5 Å². The molecular weight excluding hydrogens is 236 g/mol. The minimum atomic E-state index is 0.551. The lowest BCUT2D eigenvalue weighted by molar-refractivity contribution is 0.884. The van der Waals surface area contributed by atoms with Crippen LogP contribution in [0.3, 0.4) is 0 Å². The maximum atomic E-state index is 9.22. The molecule has 4 nitrogen and oxygen atoms in total. The number of rotatable bonds is 2. The zero-order chi connectivity index (χ0) is 13.1. The number of aromatic nitrogens is 3. The normalized spacial score (nSPS) is 10.1. The summed E-state index contributed by atoms with van der Waals surface area (Å²) in [5, 5.41) is 13.7. The molecule has 0 atom stereocenters. The van der Waals surface area contributed by atoms with Gasteiger partial charge in [0.2, 0.25) is 0 Å². The van der Waals surface area contributed by atoms with Gasteiger partial charge < -0.3 is 0 Å². The van der Waals surface area contributed by atoms with Crippen molar-refractivity contribution in [3.8, 4) is 23.0 Å². The summed E-state index contributed by atoms with van der Waals surface area (Å²) < 4.78 is 1.72. The van der Waals surface area contributed by atoms with Gasteiger partial charge in [-0.15, -0.1) is 0 Å². The second-order valence-electron chi connectivity index (χ2n) is 4.02. The fourth-order valence-corrected chi connectivity index (χ4v) is 1.89. The van der Waals surface area contributed by atoms with E-state index in [-0.39, 0.29) is 0 Å². The highest BCUT2D eigenvalue weighted by atomic mass is 15.3. The lowest BCUT2D eigenvalue weighted by Gasteiger charge is -1.99. The third-order valence-electron chi connectivity index (χ3n) is 2.81. The fourth-order valence-electron chi connectivity index (χ4n) is 1.89. The Bertz CT molecular complexity index is 724. The van der Waals surface area contributed by atoms with Crippen LogP contribution in [0.4, 0.5) is 0 Å². The van der Waals surface area contributed by atoms with E-state index in [1.165, 1.54) is 0 Å². The summed E-state index contributed by atoms with van der Waals surface area (Å²) >= 11 is 0. The van der Waals surface area contributed by atoms with Crippen molar-refractivity contribution in [2.75, 3.05) is 0 Å². The van der Waals surface area contributed by atoms with Crippen LogP contribution in [0, 0.1) is 11.3 Å². The van der Waals surface area contributed by atoms with Gasteiger partial charge in [-0.1, -0.05) is 18.2 Å². The second kappa shape index (κ2) is 4.75. The van der Waals surface area contributed by atoms with Gasteiger partial charge in [-0.05, 0) is 24.3 Å². The average molecular weight is 246 g/mol. The van der Waals surface area contributed by atoms with E-state index in [1.807, 2.05) is 42.5 Å². The first-order chi connectivity index (χ1) is 9.38. The van der Waals surface area contributed by atoms with E-state index in [0.717, 1.165) is 11.3 Å². The molecule has 90 valence electrons. The second-order valence-corrected chi connectivity index (χ2v) is 4.02. The minimum absolute atomic E-state index is 0.551. The van der Waals surface area contributed by atoms with Gasteiger partial charge in [-0.25, -0.2) is 4.68 Å². The van der Waals surface area contributed by atoms with Crippen LogP contribution in [0.5, 0.6) is 0 Å². The summed E-state index contributed by atoms with van der Waals surface area (Å²) in [5.74, 6) is 0. The molecule has 0 fully saturated rings. The van der Waals surface area contributed by atoms with Crippen molar-refractivity contribution < 1.29 is 0 Å². The number of hydrogen-bond acceptors (Lipinski definition) is 3. The zero-order valence-corrected chi connectivity index (χ0v) is 10.1. The molecule has 0 radical (unpaired) electrons. The molecular formula is C15H10N4. The zero-order valence-electron chi connectivity index (χ0n) is 10.1. The number of para-hydroxylation sites is 1. The molecule has 0 aliphatic heterocycles. The van der Waals surface area contributed by atoms with Crippen LogP contribution in [0.1, 0.15) is 5.56 Å². The van der Waals surface area contributed by atoms with Gasteiger partial charge in [0.05, 0.1) is 11.3 Å². The highest BCUT2D eigenvalue weighted by Crippen LogP contribution is 2.22. The van der Waals surface area contributed by atoms with E-state index in [2.05, 4.69) is 16.2 Å². The van der Waals surface area contributed by atoms with Crippen LogP contribution < -0.4 is 0 Å². The number of nitriles is 1.